The van der Waals surface area contributed by atoms with E-state index in [1.54, 1.807) is 0 Å². The lowest BCUT2D eigenvalue weighted by molar-refractivity contribution is -0.151. The van der Waals surface area contributed by atoms with Crippen molar-refractivity contribution in [3.05, 3.63) is 24.3 Å². The molecule has 0 aromatic rings. The highest BCUT2D eigenvalue weighted by Crippen LogP contribution is 2.21. The molecule has 0 spiro atoms. The molecule has 0 amide bonds. The topological polar surface area (TPSA) is 82.1 Å². The fraction of sp³-hybridized carbons (Fsp3) is 0.854. The first-order valence-corrected chi connectivity index (χ1v) is 23.0. The number of ether oxygens (including phenoxy) is 3. The van der Waals surface area contributed by atoms with Crippen molar-refractivity contribution in [2.45, 2.75) is 220 Å². The van der Waals surface area contributed by atoms with Crippen LogP contribution in [0.15, 0.2) is 24.3 Å². The van der Waals surface area contributed by atoms with Gasteiger partial charge in [-0.15, -0.1) is 0 Å². The van der Waals surface area contributed by atoms with Crippen molar-refractivity contribution in [2.75, 3.05) is 33.9 Å². The Bertz CT molecular complexity index is 891. The smallest absolute Gasteiger partial charge is 0.306 e. The lowest BCUT2D eigenvalue weighted by atomic mass is 9.92. The minimum atomic E-state index is -0.177. The number of unbranched alkanes of at least 4 members (excludes halogenated alkanes) is 22. The molecule has 55 heavy (non-hydrogen) atoms. The van der Waals surface area contributed by atoms with E-state index in [1.165, 1.54) is 142 Å². The van der Waals surface area contributed by atoms with E-state index in [0.29, 0.717) is 31.5 Å². The highest BCUT2D eigenvalue weighted by Gasteiger charge is 2.20. The fourth-order valence-corrected chi connectivity index (χ4v) is 7.09. The zero-order valence-corrected chi connectivity index (χ0v) is 37.1. The Hall–Kier alpha value is -2.15. The van der Waals surface area contributed by atoms with Crippen LogP contribution in [0.1, 0.15) is 214 Å². The normalized spacial score (nSPS) is 12.9. The highest BCUT2D eigenvalue weighted by atomic mass is 16.5. The van der Waals surface area contributed by atoms with Crippen LogP contribution in [0.4, 0.5) is 0 Å². The van der Waals surface area contributed by atoms with E-state index in [2.05, 4.69) is 57.1 Å². The van der Waals surface area contributed by atoms with Crippen LogP contribution in [0.25, 0.3) is 0 Å². The molecule has 0 fully saturated rings. The summed E-state index contributed by atoms with van der Waals surface area (Å²) in [6.07, 6.45) is 43.5. The highest BCUT2D eigenvalue weighted by molar-refractivity contribution is 5.69. The fourth-order valence-electron chi connectivity index (χ4n) is 7.09. The Morgan fingerprint density at radius 3 is 1.15 bits per heavy atom. The van der Waals surface area contributed by atoms with E-state index in [4.69, 9.17) is 14.2 Å². The molecule has 322 valence electrons. The van der Waals surface area contributed by atoms with Crippen molar-refractivity contribution >= 4 is 17.9 Å². The Balaban J connectivity index is 4.14. The van der Waals surface area contributed by atoms with Crippen LogP contribution in [-0.4, -0.2) is 62.8 Å². The summed E-state index contributed by atoms with van der Waals surface area (Å²) in [7, 11) is 4.20. The van der Waals surface area contributed by atoms with Gasteiger partial charge in [0.1, 0.15) is 6.10 Å². The van der Waals surface area contributed by atoms with Gasteiger partial charge in [0, 0.05) is 26.8 Å². The van der Waals surface area contributed by atoms with Crippen LogP contribution in [0, 0.1) is 11.8 Å². The molecule has 7 nitrogen and oxygen atoms in total. The minimum Gasteiger partial charge on any atom is -0.466 e. The SMILES string of the molecule is CC(=O)OCCCCCCC/C=C\CCCCCCCCC(CCCCCCCC/C=C\CCCCCCCOC(C)=O)OC(=O)CC(C)C(C)CN(C)C. The molecule has 0 radical (unpaired) electrons. The van der Waals surface area contributed by atoms with E-state index in [0.717, 1.165) is 57.9 Å². The quantitative estimate of drug-likeness (QED) is 0.0265. The second-order valence-corrected chi connectivity index (χ2v) is 16.7. The number of allylic oxidation sites excluding steroid dienone is 4. The van der Waals surface area contributed by atoms with Crippen LogP contribution in [-0.2, 0) is 28.6 Å². The standard InChI is InChI=1S/C48H89NO6/c1-43(44(2)42-49(5)6)41-48(52)55-47(37-33-29-25-21-17-13-9-7-11-15-19-23-27-31-35-39-53-45(3)50)38-34-30-26-22-18-14-10-8-12-16-20-24-28-32-36-40-54-46(4)51/h7-8,11-12,43-44,47H,9-10,13-42H2,1-6H3/b11-7-,12-8-. The number of esters is 3. The molecule has 0 saturated heterocycles. The average Bonchev–Trinajstić information content (AvgIpc) is 3.13. The van der Waals surface area contributed by atoms with E-state index >= 15 is 0 Å². The van der Waals surface area contributed by atoms with Gasteiger partial charge in [-0.2, -0.15) is 0 Å². The molecule has 0 rings (SSSR count). The third kappa shape index (κ3) is 41.3. The average molecular weight is 776 g/mol. The first-order chi connectivity index (χ1) is 26.6. The molecule has 0 aliphatic carbocycles. The third-order valence-corrected chi connectivity index (χ3v) is 10.7. The third-order valence-electron chi connectivity index (χ3n) is 10.7. The van der Waals surface area contributed by atoms with Crippen molar-refractivity contribution in [2.24, 2.45) is 11.8 Å². The van der Waals surface area contributed by atoms with E-state index < -0.39 is 0 Å². The molecule has 0 aromatic heterocycles. The number of carbonyl (C=O) groups is 3. The maximum atomic E-state index is 13.0. The van der Waals surface area contributed by atoms with Gasteiger partial charge in [-0.25, -0.2) is 0 Å². The lowest BCUT2D eigenvalue weighted by Crippen LogP contribution is -2.27. The summed E-state index contributed by atoms with van der Waals surface area (Å²) in [5.41, 5.74) is 0. The number of hydrogen-bond donors (Lipinski definition) is 0. The first kappa shape index (κ1) is 52.9. The van der Waals surface area contributed by atoms with Crippen LogP contribution in [0.3, 0.4) is 0 Å². The van der Waals surface area contributed by atoms with Crippen molar-refractivity contribution < 1.29 is 28.6 Å². The molecule has 0 aromatic carbocycles. The second-order valence-electron chi connectivity index (χ2n) is 16.7. The molecule has 2 unspecified atom stereocenters. The Morgan fingerprint density at radius 2 is 0.800 bits per heavy atom. The maximum absolute atomic E-state index is 13.0. The van der Waals surface area contributed by atoms with Crippen molar-refractivity contribution in [3.8, 4) is 0 Å². The van der Waals surface area contributed by atoms with Gasteiger partial charge >= 0.3 is 17.9 Å². The van der Waals surface area contributed by atoms with Gasteiger partial charge < -0.3 is 19.1 Å². The van der Waals surface area contributed by atoms with Gasteiger partial charge in [0.15, 0.2) is 0 Å². The molecule has 0 bridgehead atoms. The largest absolute Gasteiger partial charge is 0.466 e. The summed E-state index contributed by atoms with van der Waals surface area (Å²) < 4.78 is 16.1. The first-order valence-electron chi connectivity index (χ1n) is 23.0. The van der Waals surface area contributed by atoms with Gasteiger partial charge in [-0.05, 0) is 116 Å². The number of hydrogen-bond acceptors (Lipinski definition) is 7. The molecular formula is C48H89NO6. The maximum Gasteiger partial charge on any atom is 0.306 e. The van der Waals surface area contributed by atoms with Crippen LogP contribution >= 0.6 is 0 Å². The zero-order chi connectivity index (χ0) is 40.6. The second kappa shape index (κ2) is 40.1. The Morgan fingerprint density at radius 1 is 0.473 bits per heavy atom. The monoisotopic (exact) mass is 776 g/mol. The predicted molar refractivity (Wildman–Crippen MR) is 232 cm³/mol. The van der Waals surface area contributed by atoms with E-state index in [9.17, 15) is 14.4 Å². The van der Waals surface area contributed by atoms with E-state index in [1.807, 2.05) is 0 Å². The van der Waals surface area contributed by atoms with Gasteiger partial charge in [-0.1, -0.05) is 128 Å². The van der Waals surface area contributed by atoms with Gasteiger partial charge in [0.05, 0.1) is 13.2 Å². The summed E-state index contributed by atoms with van der Waals surface area (Å²) in [5, 5.41) is 0. The summed E-state index contributed by atoms with van der Waals surface area (Å²) >= 11 is 0. The summed E-state index contributed by atoms with van der Waals surface area (Å²) in [6.45, 7) is 9.50. The summed E-state index contributed by atoms with van der Waals surface area (Å²) in [5.74, 6) is 0.438. The Labute approximate surface area is 340 Å². The number of rotatable bonds is 40. The van der Waals surface area contributed by atoms with Gasteiger partial charge in [-0.3, -0.25) is 14.4 Å². The lowest BCUT2D eigenvalue weighted by Gasteiger charge is -2.24. The number of carbonyl (C=O) groups excluding carboxylic acids is 3. The van der Waals surface area contributed by atoms with Crippen molar-refractivity contribution in [3.63, 3.8) is 0 Å². The van der Waals surface area contributed by atoms with Gasteiger partial charge in [0.25, 0.3) is 0 Å². The zero-order valence-electron chi connectivity index (χ0n) is 37.1. The molecule has 7 heteroatoms. The molecular weight excluding hydrogens is 687 g/mol. The van der Waals surface area contributed by atoms with Crippen molar-refractivity contribution in [1.29, 1.82) is 0 Å². The van der Waals surface area contributed by atoms with Crippen LogP contribution in [0.2, 0.25) is 0 Å². The van der Waals surface area contributed by atoms with Crippen molar-refractivity contribution in [1.82, 2.24) is 4.90 Å². The van der Waals surface area contributed by atoms with E-state index in [-0.39, 0.29) is 24.0 Å². The molecule has 2 atom stereocenters. The van der Waals surface area contributed by atoms with Crippen LogP contribution in [0.5, 0.6) is 0 Å². The molecule has 0 N–H and O–H groups in total. The van der Waals surface area contributed by atoms with Gasteiger partial charge in [0.2, 0.25) is 0 Å². The summed E-state index contributed by atoms with van der Waals surface area (Å²) in [4.78, 5) is 36.7. The summed E-state index contributed by atoms with van der Waals surface area (Å²) in [6, 6.07) is 0. The molecule has 0 saturated carbocycles. The molecule has 0 heterocycles. The molecule has 0 aliphatic heterocycles. The Kier molecular flexibility index (Phi) is 38.5. The minimum absolute atomic E-state index is 0.00304. The predicted octanol–water partition coefficient (Wildman–Crippen LogP) is 13.3. The number of nitrogens with zero attached hydrogens (tertiary/aromatic N) is 1. The molecule has 0 aliphatic rings. The van der Waals surface area contributed by atoms with Crippen LogP contribution < -0.4 is 0 Å².